The highest BCUT2D eigenvalue weighted by molar-refractivity contribution is 9.10. The molecule has 3 N–H and O–H groups in total. The topological polar surface area (TPSA) is 94.4 Å². The molecule has 0 saturated carbocycles. The third-order valence-electron chi connectivity index (χ3n) is 4.75. The molecule has 0 fully saturated rings. The van der Waals surface area contributed by atoms with E-state index in [-0.39, 0.29) is 5.91 Å². The van der Waals surface area contributed by atoms with Gasteiger partial charge in [0.1, 0.15) is 11.2 Å². The number of nitrogens with one attached hydrogen (secondary N) is 2. The number of carbonyl (C=O) groups excluding carboxylic acids is 1. The number of rotatable bonds is 6. The molecule has 1 aliphatic rings. The van der Waals surface area contributed by atoms with Gasteiger partial charge in [-0.25, -0.2) is 0 Å². The van der Waals surface area contributed by atoms with Gasteiger partial charge in [0.2, 0.25) is 0 Å². The van der Waals surface area contributed by atoms with Gasteiger partial charge in [0.05, 0.1) is 35.4 Å². The number of nitriles is 1. The Kier molecular flexibility index (Phi) is 7.44. The molecule has 1 aliphatic heterocycles. The van der Waals surface area contributed by atoms with Crippen molar-refractivity contribution in [3.8, 4) is 11.8 Å². The van der Waals surface area contributed by atoms with Crippen LogP contribution in [0.25, 0.3) is 0 Å². The molecule has 3 rings (SSSR count). The van der Waals surface area contributed by atoms with Crippen LogP contribution in [0.4, 0.5) is 5.69 Å². The number of hydrogen-bond donors (Lipinski definition) is 3. The smallest absolute Gasteiger partial charge is 0.254 e. The lowest BCUT2D eigenvalue weighted by Gasteiger charge is -2.30. The van der Waals surface area contributed by atoms with E-state index in [0.29, 0.717) is 33.3 Å². The number of ether oxygens (including phenoxy) is 1. The van der Waals surface area contributed by atoms with Gasteiger partial charge in [-0.2, -0.15) is 5.26 Å². The Morgan fingerprint density at radius 1 is 1.29 bits per heavy atom. The zero-order valence-electron chi connectivity index (χ0n) is 17.3. The quantitative estimate of drug-likeness (QED) is 0.491. The molecular weight excluding hydrogens is 478 g/mol. The van der Waals surface area contributed by atoms with Crippen LogP contribution in [0.2, 0.25) is 0 Å². The number of aliphatic hydroxyl groups excluding tert-OH is 1. The molecule has 160 valence electrons. The maximum atomic E-state index is 13.5. The summed E-state index contributed by atoms with van der Waals surface area (Å²) in [4.78, 5) is 13.5. The van der Waals surface area contributed by atoms with Crippen LogP contribution >= 0.6 is 27.7 Å². The standard InChI is InChI=1S/C23H22BrN3O3S/c1-13-20(22(29)27-18-10-6-7-11-19(18)30-3)21(15-8-4-5-9-17(15)24)16(12-25)23(26-13)31-14(2)28/h4-11,14,21,26,28H,1-3H3,(H,27,29). The Hall–Kier alpha value is -2.73. The van der Waals surface area contributed by atoms with Gasteiger partial charge in [0, 0.05) is 15.7 Å². The number of anilines is 1. The van der Waals surface area contributed by atoms with Gasteiger partial charge in [0.25, 0.3) is 5.91 Å². The van der Waals surface area contributed by atoms with E-state index in [0.717, 1.165) is 21.8 Å². The number of hydrogen-bond acceptors (Lipinski definition) is 6. The van der Waals surface area contributed by atoms with E-state index in [9.17, 15) is 15.2 Å². The summed E-state index contributed by atoms with van der Waals surface area (Å²) < 4.78 is 6.13. The van der Waals surface area contributed by atoms with E-state index < -0.39 is 11.4 Å². The van der Waals surface area contributed by atoms with Crippen LogP contribution in [0.15, 0.2) is 74.9 Å². The third kappa shape index (κ3) is 4.96. The highest BCUT2D eigenvalue weighted by atomic mass is 79.9. The molecule has 2 atom stereocenters. The number of allylic oxidation sites excluding steroid dienone is 2. The van der Waals surface area contributed by atoms with Crippen molar-refractivity contribution < 1.29 is 14.6 Å². The summed E-state index contributed by atoms with van der Waals surface area (Å²) in [5.41, 5.74) is 2.00. The molecule has 0 spiro atoms. The average Bonchev–Trinajstić information content (AvgIpc) is 2.73. The first-order valence-corrected chi connectivity index (χ1v) is 11.2. The molecule has 1 heterocycles. The maximum Gasteiger partial charge on any atom is 0.254 e. The van der Waals surface area contributed by atoms with Gasteiger partial charge >= 0.3 is 0 Å². The fourth-order valence-corrected chi connectivity index (χ4v) is 4.79. The fourth-order valence-electron chi connectivity index (χ4n) is 3.43. The average molecular weight is 500 g/mol. The van der Waals surface area contributed by atoms with Gasteiger partial charge in [-0.15, -0.1) is 0 Å². The van der Waals surface area contributed by atoms with Crippen molar-refractivity contribution in [3.63, 3.8) is 0 Å². The van der Waals surface area contributed by atoms with Gasteiger partial charge in [-0.1, -0.05) is 58.0 Å². The lowest BCUT2D eigenvalue weighted by molar-refractivity contribution is -0.113. The van der Waals surface area contributed by atoms with Crippen LogP contribution in [-0.2, 0) is 4.79 Å². The lowest BCUT2D eigenvalue weighted by atomic mass is 9.82. The minimum Gasteiger partial charge on any atom is -0.495 e. The Labute approximate surface area is 194 Å². The van der Waals surface area contributed by atoms with Crippen LogP contribution < -0.4 is 15.4 Å². The Morgan fingerprint density at radius 3 is 2.61 bits per heavy atom. The number of dihydropyridines is 1. The monoisotopic (exact) mass is 499 g/mol. The Morgan fingerprint density at radius 2 is 1.97 bits per heavy atom. The predicted molar refractivity (Wildman–Crippen MR) is 126 cm³/mol. The summed E-state index contributed by atoms with van der Waals surface area (Å²) in [6.45, 7) is 3.42. The van der Waals surface area contributed by atoms with Crippen LogP contribution in [0.3, 0.4) is 0 Å². The highest BCUT2D eigenvalue weighted by Crippen LogP contribution is 2.43. The minimum absolute atomic E-state index is 0.343. The van der Waals surface area contributed by atoms with E-state index in [1.54, 1.807) is 26.0 Å². The number of para-hydroxylation sites is 2. The van der Waals surface area contributed by atoms with Gasteiger partial charge in [-0.05, 0) is 37.6 Å². The first kappa shape index (κ1) is 22.9. The van der Waals surface area contributed by atoms with Gasteiger partial charge in [0.15, 0.2) is 0 Å². The number of benzene rings is 2. The molecule has 2 aromatic rings. The number of aliphatic hydroxyl groups is 1. The van der Waals surface area contributed by atoms with Crippen LogP contribution in [-0.4, -0.2) is 23.6 Å². The summed E-state index contributed by atoms with van der Waals surface area (Å²) >= 11 is 4.70. The highest BCUT2D eigenvalue weighted by Gasteiger charge is 2.36. The number of nitrogens with zero attached hydrogens (tertiary/aromatic N) is 1. The first-order chi connectivity index (χ1) is 14.9. The van der Waals surface area contributed by atoms with E-state index >= 15 is 0 Å². The van der Waals surface area contributed by atoms with Crippen molar-refractivity contribution in [3.05, 3.63) is 80.4 Å². The Balaban J connectivity index is 2.12. The second-order valence-electron chi connectivity index (χ2n) is 6.84. The lowest BCUT2D eigenvalue weighted by Crippen LogP contribution is -2.31. The summed E-state index contributed by atoms with van der Waals surface area (Å²) in [5.74, 6) is -0.418. The van der Waals surface area contributed by atoms with E-state index in [4.69, 9.17) is 4.74 Å². The van der Waals surface area contributed by atoms with E-state index in [1.165, 1.54) is 7.11 Å². The molecular formula is C23H22BrN3O3S. The maximum absolute atomic E-state index is 13.5. The third-order valence-corrected chi connectivity index (χ3v) is 6.37. The largest absolute Gasteiger partial charge is 0.495 e. The van der Waals surface area contributed by atoms with Crippen molar-refractivity contribution >= 4 is 39.3 Å². The second kappa shape index (κ2) is 10.1. The van der Waals surface area contributed by atoms with Crippen molar-refractivity contribution in [2.45, 2.75) is 25.2 Å². The zero-order chi connectivity index (χ0) is 22.5. The van der Waals surface area contributed by atoms with Crippen LogP contribution in [0.1, 0.15) is 25.3 Å². The zero-order valence-corrected chi connectivity index (χ0v) is 19.7. The van der Waals surface area contributed by atoms with Gasteiger partial charge < -0.3 is 20.5 Å². The summed E-state index contributed by atoms with van der Waals surface area (Å²) in [7, 11) is 1.54. The van der Waals surface area contributed by atoms with Crippen LogP contribution in [0, 0.1) is 11.3 Å². The number of halogens is 1. The number of amides is 1. The fraction of sp³-hybridized carbons (Fsp3) is 0.217. The molecule has 8 heteroatoms. The van der Waals surface area contributed by atoms with Crippen molar-refractivity contribution in [1.29, 1.82) is 5.26 Å². The molecule has 0 aliphatic carbocycles. The molecule has 2 unspecified atom stereocenters. The first-order valence-electron chi connectivity index (χ1n) is 9.53. The molecule has 0 radical (unpaired) electrons. The van der Waals surface area contributed by atoms with Crippen molar-refractivity contribution in [2.75, 3.05) is 12.4 Å². The van der Waals surface area contributed by atoms with Crippen LogP contribution in [0.5, 0.6) is 5.75 Å². The van der Waals surface area contributed by atoms with Gasteiger partial charge in [-0.3, -0.25) is 4.79 Å². The van der Waals surface area contributed by atoms with Crippen molar-refractivity contribution in [2.24, 2.45) is 0 Å². The summed E-state index contributed by atoms with van der Waals surface area (Å²) in [6.07, 6.45) is 0. The molecule has 2 aromatic carbocycles. The van der Waals surface area contributed by atoms with E-state index in [2.05, 4.69) is 32.6 Å². The molecule has 31 heavy (non-hydrogen) atoms. The minimum atomic E-state index is -0.720. The SMILES string of the molecule is COc1ccccc1NC(=O)C1=C(C)NC(SC(C)O)=C(C#N)C1c1ccccc1Br. The molecule has 1 amide bonds. The summed E-state index contributed by atoms with van der Waals surface area (Å²) in [5, 5.41) is 26.5. The molecule has 0 bridgehead atoms. The molecule has 0 saturated heterocycles. The number of methoxy groups -OCH3 is 1. The number of thioether (sulfide) groups is 1. The van der Waals surface area contributed by atoms with E-state index in [1.807, 2.05) is 36.4 Å². The predicted octanol–water partition coefficient (Wildman–Crippen LogP) is 4.86. The Bertz CT molecular complexity index is 1110. The molecule has 0 aromatic heterocycles. The molecule has 6 nitrogen and oxygen atoms in total. The van der Waals surface area contributed by atoms with Crippen molar-refractivity contribution in [1.82, 2.24) is 5.32 Å². The second-order valence-corrected chi connectivity index (χ2v) is 9.02. The normalized spacial score (nSPS) is 17.0. The summed E-state index contributed by atoms with van der Waals surface area (Å²) in [6, 6.07) is 16.9. The number of carbonyl (C=O) groups is 1.